The van der Waals surface area contributed by atoms with Gasteiger partial charge in [-0.3, -0.25) is 4.79 Å². The van der Waals surface area contributed by atoms with Crippen LogP contribution < -0.4 is 14.9 Å². The lowest BCUT2D eigenvalue weighted by Gasteiger charge is -2.12. The van der Waals surface area contributed by atoms with Crippen LogP contribution in [0.2, 0.25) is 0 Å². The zero-order valence-corrected chi connectivity index (χ0v) is 15.9. The molecule has 0 spiro atoms. The Morgan fingerprint density at radius 1 is 1.08 bits per heavy atom. The molecule has 0 saturated carbocycles. The molecule has 0 bridgehead atoms. The minimum absolute atomic E-state index is 0.0772. The van der Waals surface area contributed by atoms with Crippen molar-refractivity contribution in [3.8, 4) is 11.5 Å². The summed E-state index contributed by atoms with van der Waals surface area (Å²) in [7, 11) is 0. The van der Waals surface area contributed by atoms with Gasteiger partial charge in [-0.25, -0.2) is 0 Å². The van der Waals surface area contributed by atoms with Crippen LogP contribution in [0.15, 0.2) is 51.7 Å². The van der Waals surface area contributed by atoms with Crippen LogP contribution in [0.4, 0.5) is 0 Å². The maximum absolute atomic E-state index is 12.6. The molecule has 0 atom stereocenters. The summed E-state index contributed by atoms with van der Waals surface area (Å²) < 4.78 is 12.2. The molecule has 0 aliphatic heterocycles. The second kappa shape index (κ2) is 7.74. The highest BCUT2D eigenvalue weighted by Crippen LogP contribution is 2.29. The largest absolute Gasteiger partial charge is 0.490 e. The predicted molar refractivity (Wildman–Crippen MR) is 104 cm³/mol. The third-order valence-electron chi connectivity index (χ3n) is 4.07. The quantitative estimate of drug-likeness (QED) is 0.613. The standard InChI is InChI=1S/C20H20BrNO3/c1-3-15-13(2)22-18-12-19(17(21)11-16(18)20(15)23)25-10-9-24-14-7-5-4-6-8-14/h4-8,11-12H,3,9-10H2,1-2H3,(H,22,23). The van der Waals surface area contributed by atoms with Crippen molar-refractivity contribution in [2.45, 2.75) is 20.3 Å². The average Bonchev–Trinajstić information content (AvgIpc) is 2.61. The van der Waals surface area contributed by atoms with Crippen molar-refractivity contribution in [2.24, 2.45) is 0 Å². The summed E-state index contributed by atoms with van der Waals surface area (Å²) >= 11 is 3.50. The first-order chi connectivity index (χ1) is 12.1. The van der Waals surface area contributed by atoms with Gasteiger partial charge in [0.1, 0.15) is 24.7 Å². The van der Waals surface area contributed by atoms with Crippen molar-refractivity contribution in [2.75, 3.05) is 13.2 Å². The fourth-order valence-electron chi connectivity index (χ4n) is 2.82. The first kappa shape index (κ1) is 17.5. The molecule has 3 rings (SSSR count). The molecular formula is C20H20BrNO3. The molecule has 0 fully saturated rings. The molecule has 0 radical (unpaired) electrons. The maximum Gasteiger partial charge on any atom is 0.192 e. The van der Waals surface area contributed by atoms with Gasteiger partial charge in [0.2, 0.25) is 0 Å². The van der Waals surface area contributed by atoms with Crippen molar-refractivity contribution in [1.82, 2.24) is 4.98 Å². The zero-order chi connectivity index (χ0) is 17.8. The molecule has 25 heavy (non-hydrogen) atoms. The first-order valence-corrected chi connectivity index (χ1v) is 9.05. The molecule has 5 heteroatoms. The summed E-state index contributed by atoms with van der Waals surface area (Å²) in [6.07, 6.45) is 0.712. The monoisotopic (exact) mass is 401 g/mol. The van der Waals surface area contributed by atoms with Crippen molar-refractivity contribution in [3.63, 3.8) is 0 Å². The van der Waals surface area contributed by atoms with Gasteiger partial charge < -0.3 is 14.5 Å². The summed E-state index contributed by atoms with van der Waals surface area (Å²) in [5, 5.41) is 0.669. The SMILES string of the molecule is CCc1c(C)[nH]c2cc(OCCOc3ccccc3)c(Br)cc2c1=O. The topological polar surface area (TPSA) is 51.3 Å². The van der Waals surface area contributed by atoms with Crippen LogP contribution in [0.1, 0.15) is 18.2 Å². The Bertz CT molecular complexity index is 935. The second-order valence-corrected chi connectivity index (χ2v) is 6.60. The number of hydrogen-bond donors (Lipinski definition) is 1. The van der Waals surface area contributed by atoms with Gasteiger partial charge in [0.15, 0.2) is 5.43 Å². The van der Waals surface area contributed by atoms with E-state index in [0.717, 1.165) is 27.0 Å². The lowest BCUT2D eigenvalue weighted by Crippen LogP contribution is -2.13. The van der Waals surface area contributed by atoms with Gasteiger partial charge >= 0.3 is 0 Å². The molecule has 3 aromatic rings. The molecular weight excluding hydrogens is 382 g/mol. The van der Waals surface area contributed by atoms with Crippen molar-refractivity contribution in [1.29, 1.82) is 0 Å². The Hall–Kier alpha value is -2.27. The van der Waals surface area contributed by atoms with E-state index in [1.54, 1.807) is 0 Å². The Balaban J connectivity index is 1.76. The average molecular weight is 402 g/mol. The van der Waals surface area contributed by atoms with E-state index in [1.807, 2.05) is 56.3 Å². The molecule has 2 aromatic carbocycles. The fourth-order valence-corrected chi connectivity index (χ4v) is 3.28. The lowest BCUT2D eigenvalue weighted by atomic mass is 10.1. The summed E-state index contributed by atoms with van der Waals surface area (Å²) in [6, 6.07) is 13.3. The number of para-hydroxylation sites is 1. The van der Waals surface area contributed by atoms with E-state index in [1.165, 1.54) is 0 Å². The van der Waals surface area contributed by atoms with Crippen molar-refractivity contribution >= 4 is 26.8 Å². The van der Waals surface area contributed by atoms with Crippen LogP contribution in [0.5, 0.6) is 11.5 Å². The lowest BCUT2D eigenvalue weighted by molar-refractivity contribution is 0.216. The molecule has 0 unspecified atom stereocenters. The number of H-pyrrole nitrogens is 1. The van der Waals surface area contributed by atoms with E-state index >= 15 is 0 Å². The van der Waals surface area contributed by atoms with E-state index in [0.29, 0.717) is 30.8 Å². The molecule has 1 aromatic heterocycles. The summed E-state index contributed by atoms with van der Waals surface area (Å²) in [5.74, 6) is 1.50. The van der Waals surface area contributed by atoms with Crippen molar-refractivity contribution < 1.29 is 9.47 Å². The Labute approximate surface area is 154 Å². The number of hydrogen-bond acceptors (Lipinski definition) is 3. The summed E-state index contributed by atoms with van der Waals surface area (Å²) in [5.41, 5.74) is 2.58. The van der Waals surface area contributed by atoms with Crippen LogP contribution in [0, 0.1) is 6.92 Å². The normalized spacial score (nSPS) is 10.8. The third kappa shape index (κ3) is 3.87. The number of ether oxygens (including phenoxy) is 2. The van der Waals surface area contributed by atoms with E-state index < -0.39 is 0 Å². The minimum atomic E-state index is 0.0772. The number of nitrogens with one attached hydrogen (secondary N) is 1. The van der Waals surface area contributed by atoms with Crippen LogP contribution in [-0.4, -0.2) is 18.2 Å². The first-order valence-electron chi connectivity index (χ1n) is 8.25. The number of aromatic amines is 1. The highest BCUT2D eigenvalue weighted by Gasteiger charge is 2.11. The number of rotatable bonds is 6. The van der Waals surface area contributed by atoms with Gasteiger partial charge in [-0.15, -0.1) is 0 Å². The fraction of sp³-hybridized carbons (Fsp3) is 0.250. The summed E-state index contributed by atoms with van der Waals surface area (Å²) in [4.78, 5) is 15.9. The predicted octanol–water partition coefficient (Wildman–Crippen LogP) is 4.62. The van der Waals surface area contributed by atoms with Crippen LogP contribution in [0.3, 0.4) is 0 Å². The van der Waals surface area contributed by atoms with Gasteiger partial charge in [-0.2, -0.15) is 0 Å². The number of benzene rings is 2. The van der Waals surface area contributed by atoms with Crippen LogP contribution in [-0.2, 0) is 6.42 Å². The Morgan fingerprint density at radius 3 is 2.52 bits per heavy atom. The Morgan fingerprint density at radius 2 is 1.80 bits per heavy atom. The van der Waals surface area contributed by atoms with E-state index in [9.17, 15) is 4.79 Å². The van der Waals surface area contributed by atoms with Crippen LogP contribution >= 0.6 is 15.9 Å². The van der Waals surface area contributed by atoms with E-state index in [2.05, 4.69) is 20.9 Å². The van der Waals surface area contributed by atoms with E-state index in [4.69, 9.17) is 9.47 Å². The molecule has 0 aliphatic carbocycles. The highest BCUT2D eigenvalue weighted by atomic mass is 79.9. The number of pyridine rings is 1. The number of aromatic nitrogens is 1. The maximum atomic E-state index is 12.6. The molecule has 0 aliphatic rings. The number of halogens is 1. The van der Waals surface area contributed by atoms with E-state index in [-0.39, 0.29) is 5.43 Å². The van der Waals surface area contributed by atoms with Crippen LogP contribution in [0.25, 0.3) is 10.9 Å². The highest BCUT2D eigenvalue weighted by molar-refractivity contribution is 9.10. The molecule has 0 saturated heterocycles. The third-order valence-corrected chi connectivity index (χ3v) is 4.69. The summed E-state index contributed by atoms with van der Waals surface area (Å²) in [6.45, 7) is 4.77. The molecule has 0 amide bonds. The molecule has 4 nitrogen and oxygen atoms in total. The zero-order valence-electron chi connectivity index (χ0n) is 14.3. The smallest absolute Gasteiger partial charge is 0.192 e. The molecule has 1 heterocycles. The minimum Gasteiger partial charge on any atom is -0.490 e. The van der Waals surface area contributed by atoms with Gasteiger partial charge in [0.05, 0.1) is 9.99 Å². The van der Waals surface area contributed by atoms with Crippen molar-refractivity contribution in [3.05, 3.63) is 68.4 Å². The van der Waals surface area contributed by atoms with Gasteiger partial charge in [-0.05, 0) is 47.5 Å². The van der Waals surface area contributed by atoms with Gasteiger partial charge in [0, 0.05) is 22.7 Å². The van der Waals surface area contributed by atoms with Gasteiger partial charge in [0.25, 0.3) is 0 Å². The van der Waals surface area contributed by atoms with Gasteiger partial charge in [-0.1, -0.05) is 25.1 Å². The second-order valence-electron chi connectivity index (χ2n) is 5.75. The Kier molecular flexibility index (Phi) is 5.43. The molecule has 1 N–H and O–H groups in total. The molecule has 130 valence electrons. The number of aryl methyl sites for hydroxylation is 1. The number of fused-ring (bicyclic) bond motifs is 1.